The second-order valence-electron chi connectivity index (χ2n) is 6.15. The lowest BCUT2D eigenvalue weighted by atomic mass is 9.96. The van der Waals surface area contributed by atoms with Crippen molar-refractivity contribution >= 4 is 0 Å². The van der Waals surface area contributed by atoms with Crippen LogP contribution in [0.2, 0.25) is 0 Å². The summed E-state index contributed by atoms with van der Waals surface area (Å²) in [6.07, 6.45) is 5.09. The van der Waals surface area contributed by atoms with E-state index in [2.05, 4.69) is 36.9 Å². The van der Waals surface area contributed by atoms with E-state index in [-0.39, 0.29) is 0 Å². The predicted octanol–water partition coefficient (Wildman–Crippen LogP) is 2.76. The first-order valence-corrected chi connectivity index (χ1v) is 7.21. The van der Waals surface area contributed by atoms with Gasteiger partial charge in [0, 0.05) is 24.7 Å². The normalized spacial score (nSPS) is 31.8. The van der Waals surface area contributed by atoms with Crippen LogP contribution in [-0.2, 0) is 6.54 Å². The van der Waals surface area contributed by atoms with Crippen LogP contribution in [0.15, 0.2) is 18.2 Å². The Morgan fingerprint density at radius 1 is 1.17 bits per heavy atom. The highest BCUT2D eigenvalue weighted by atomic mass is 15.2. The monoisotopic (exact) mass is 244 g/mol. The molecule has 0 saturated carbocycles. The van der Waals surface area contributed by atoms with Gasteiger partial charge in [0.2, 0.25) is 0 Å². The Balaban J connectivity index is 1.79. The average Bonchev–Trinajstić information content (AvgIpc) is 2.58. The van der Waals surface area contributed by atoms with Gasteiger partial charge in [0.05, 0.1) is 0 Å². The largest absolute Gasteiger partial charge is 0.328 e. The molecule has 18 heavy (non-hydrogen) atoms. The standard InChI is InChI=1S/C16H24N2/c1-11-4-3-5-13(12(11)2)10-18-15-6-7-16(18)9-14(17)8-15/h3-5,14-16H,6-10,17H2,1-2H3. The molecule has 2 saturated heterocycles. The first-order valence-electron chi connectivity index (χ1n) is 7.21. The molecule has 1 aromatic carbocycles. The second-order valence-corrected chi connectivity index (χ2v) is 6.15. The van der Waals surface area contributed by atoms with Crippen LogP contribution in [0.1, 0.15) is 42.4 Å². The Morgan fingerprint density at radius 2 is 1.83 bits per heavy atom. The van der Waals surface area contributed by atoms with E-state index in [9.17, 15) is 0 Å². The molecule has 0 amide bonds. The quantitative estimate of drug-likeness (QED) is 0.867. The Kier molecular flexibility index (Phi) is 3.16. The highest BCUT2D eigenvalue weighted by Gasteiger charge is 2.39. The molecule has 2 heterocycles. The van der Waals surface area contributed by atoms with E-state index in [1.165, 1.54) is 42.4 Å². The maximum atomic E-state index is 6.14. The van der Waals surface area contributed by atoms with Gasteiger partial charge >= 0.3 is 0 Å². The zero-order valence-electron chi connectivity index (χ0n) is 11.5. The van der Waals surface area contributed by atoms with Gasteiger partial charge < -0.3 is 5.73 Å². The van der Waals surface area contributed by atoms with E-state index >= 15 is 0 Å². The fourth-order valence-electron chi connectivity index (χ4n) is 3.75. The molecular formula is C16H24N2. The maximum Gasteiger partial charge on any atom is 0.0242 e. The minimum atomic E-state index is 0.442. The Labute approximate surface area is 110 Å². The first-order chi connectivity index (χ1) is 8.65. The number of nitrogens with two attached hydrogens (primary N) is 1. The number of aryl methyl sites for hydroxylation is 1. The van der Waals surface area contributed by atoms with Gasteiger partial charge in [-0.05, 0) is 56.2 Å². The highest BCUT2D eigenvalue weighted by molar-refractivity contribution is 5.33. The fraction of sp³-hybridized carbons (Fsp3) is 0.625. The van der Waals surface area contributed by atoms with E-state index in [0.717, 1.165) is 18.6 Å². The Morgan fingerprint density at radius 3 is 2.50 bits per heavy atom. The van der Waals surface area contributed by atoms with Crippen molar-refractivity contribution in [1.29, 1.82) is 0 Å². The van der Waals surface area contributed by atoms with Crippen molar-refractivity contribution < 1.29 is 0 Å². The van der Waals surface area contributed by atoms with Crippen LogP contribution in [0, 0.1) is 13.8 Å². The van der Waals surface area contributed by atoms with Gasteiger partial charge in [-0.1, -0.05) is 18.2 Å². The lowest BCUT2D eigenvalue weighted by molar-refractivity contribution is 0.119. The summed E-state index contributed by atoms with van der Waals surface area (Å²) in [7, 11) is 0. The van der Waals surface area contributed by atoms with Crippen molar-refractivity contribution in [2.45, 2.75) is 64.2 Å². The van der Waals surface area contributed by atoms with E-state index in [1.54, 1.807) is 0 Å². The maximum absolute atomic E-state index is 6.14. The third-order valence-corrected chi connectivity index (χ3v) is 4.99. The number of hydrogen-bond acceptors (Lipinski definition) is 2. The summed E-state index contributed by atoms with van der Waals surface area (Å²) >= 11 is 0. The molecule has 2 unspecified atom stereocenters. The van der Waals surface area contributed by atoms with Crippen molar-refractivity contribution in [2.24, 2.45) is 5.73 Å². The molecule has 2 heteroatoms. The summed E-state index contributed by atoms with van der Waals surface area (Å²) in [5.41, 5.74) is 10.5. The van der Waals surface area contributed by atoms with Gasteiger partial charge in [0.15, 0.2) is 0 Å². The topological polar surface area (TPSA) is 29.3 Å². The molecule has 2 aliphatic rings. The molecule has 0 aliphatic carbocycles. The van der Waals surface area contributed by atoms with Gasteiger partial charge in [0.25, 0.3) is 0 Å². The number of piperidine rings is 1. The number of benzene rings is 1. The van der Waals surface area contributed by atoms with Crippen molar-refractivity contribution in [3.63, 3.8) is 0 Å². The lowest BCUT2D eigenvalue weighted by Crippen LogP contribution is -2.46. The van der Waals surface area contributed by atoms with Gasteiger partial charge in [-0.15, -0.1) is 0 Å². The molecule has 0 spiro atoms. The molecule has 2 bridgehead atoms. The summed E-state index contributed by atoms with van der Waals surface area (Å²) in [5.74, 6) is 0. The molecule has 2 fully saturated rings. The SMILES string of the molecule is Cc1cccc(CN2C3CCC2CC(N)C3)c1C. The van der Waals surface area contributed by atoms with Crippen molar-refractivity contribution in [3.8, 4) is 0 Å². The predicted molar refractivity (Wildman–Crippen MR) is 75.5 cm³/mol. The molecule has 2 aliphatic heterocycles. The van der Waals surface area contributed by atoms with Crippen molar-refractivity contribution in [2.75, 3.05) is 0 Å². The summed E-state index contributed by atoms with van der Waals surface area (Å²) in [6, 6.07) is 8.60. The highest BCUT2D eigenvalue weighted by Crippen LogP contribution is 2.36. The first kappa shape index (κ1) is 12.2. The number of rotatable bonds is 2. The van der Waals surface area contributed by atoms with Crippen LogP contribution < -0.4 is 5.73 Å². The average molecular weight is 244 g/mol. The van der Waals surface area contributed by atoms with E-state index in [4.69, 9.17) is 5.73 Å². The fourth-order valence-corrected chi connectivity index (χ4v) is 3.75. The Hall–Kier alpha value is -0.860. The van der Waals surface area contributed by atoms with Gasteiger partial charge in [-0.2, -0.15) is 0 Å². The zero-order valence-corrected chi connectivity index (χ0v) is 11.5. The summed E-state index contributed by atoms with van der Waals surface area (Å²) in [5, 5.41) is 0. The van der Waals surface area contributed by atoms with E-state index in [1.807, 2.05) is 0 Å². The molecule has 1 aromatic rings. The molecule has 2 nitrogen and oxygen atoms in total. The van der Waals surface area contributed by atoms with Crippen LogP contribution in [-0.4, -0.2) is 23.0 Å². The lowest BCUT2D eigenvalue weighted by Gasteiger charge is -2.38. The van der Waals surface area contributed by atoms with E-state index < -0.39 is 0 Å². The van der Waals surface area contributed by atoms with Crippen LogP contribution in [0.25, 0.3) is 0 Å². The van der Waals surface area contributed by atoms with Crippen molar-refractivity contribution in [1.82, 2.24) is 4.90 Å². The molecule has 98 valence electrons. The summed E-state index contributed by atoms with van der Waals surface area (Å²) < 4.78 is 0. The molecule has 3 rings (SSSR count). The zero-order chi connectivity index (χ0) is 12.7. The number of hydrogen-bond donors (Lipinski definition) is 1. The summed E-state index contributed by atoms with van der Waals surface area (Å²) in [6.45, 7) is 5.58. The van der Waals surface area contributed by atoms with Gasteiger partial charge in [-0.25, -0.2) is 0 Å². The number of nitrogens with zero attached hydrogens (tertiary/aromatic N) is 1. The molecule has 0 radical (unpaired) electrons. The molecular weight excluding hydrogens is 220 g/mol. The minimum absolute atomic E-state index is 0.442. The smallest absolute Gasteiger partial charge is 0.0242 e. The Bertz CT molecular complexity index is 427. The molecule has 2 atom stereocenters. The van der Waals surface area contributed by atoms with Crippen LogP contribution >= 0.6 is 0 Å². The third-order valence-electron chi connectivity index (χ3n) is 4.99. The van der Waals surface area contributed by atoms with Crippen LogP contribution in [0.3, 0.4) is 0 Å². The molecule has 2 N–H and O–H groups in total. The third kappa shape index (κ3) is 2.08. The number of fused-ring (bicyclic) bond motifs is 2. The van der Waals surface area contributed by atoms with Gasteiger partial charge in [0.1, 0.15) is 0 Å². The van der Waals surface area contributed by atoms with E-state index in [0.29, 0.717) is 6.04 Å². The van der Waals surface area contributed by atoms with Crippen LogP contribution in [0.4, 0.5) is 0 Å². The second kappa shape index (κ2) is 4.67. The van der Waals surface area contributed by atoms with Gasteiger partial charge in [-0.3, -0.25) is 4.90 Å². The summed E-state index contributed by atoms with van der Waals surface area (Å²) in [4.78, 5) is 2.71. The minimum Gasteiger partial charge on any atom is -0.328 e. The molecule has 0 aromatic heterocycles. The van der Waals surface area contributed by atoms with Crippen LogP contribution in [0.5, 0.6) is 0 Å². The van der Waals surface area contributed by atoms with Crippen molar-refractivity contribution in [3.05, 3.63) is 34.9 Å².